The zero-order valence-corrected chi connectivity index (χ0v) is 35.8. The topological polar surface area (TPSA) is 0 Å². The van der Waals surface area contributed by atoms with Gasteiger partial charge >= 0.3 is 0 Å². The van der Waals surface area contributed by atoms with Crippen LogP contribution in [0.5, 0.6) is 0 Å². The zero-order valence-electron chi connectivity index (χ0n) is 35.8. The summed E-state index contributed by atoms with van der Waals surface area (Å²) in [5, 5.41) is 0. The van der Waals surface area contributed by atoms with Crippen LogP contribution in [-0.4, -0.2) is 0 Å². The minimum absolute atomic E-state index is 0.713. The number of unbranched alkanes of at least 4 members (excludes halogenated alkanes) is 42. The van der Waals surface area contributed by atoms with Crippen LogP contribution in [0.3, 0.4) is 0 Å². The summed E-state index contributed by atoms with van der Waals surface area (Å²) in [6.07, 6.45) is 67.5. The van der Waals surface area contributed by atoms with Crippen LogP contribution in [-0.2, 0) is 0 Å². The van der Waals surface area contributed by atoms with Gasteiger partial charge < -0.3 is 0 Å². The van der Waals surface area contributed by atoms with E-state index in [2.05, 4.69) is 20.8 Å². The number of hydrogen-bond donors (Lipinski definition) is 0. The van der Waals surface area contributed by atoms with Crippen LogP contribution in [0, 0.1) is 12.8 Å². The van der Waals surface area contributed by atoms with Crippen molar-refractivity contribution in [3.05, 3.63) is 6.92 Å². The molecule has 0 spiro atoms. The van der Waals surface area contributed by atoms with E-state index < -0.39 is 0 Å². The third-order valence-electron chi connectivity index (χ3n) is 11.9. The van der Waals surface area contributed by atoms with Crippen LogP contribution in [0.15, 0.2) is 0 Å². The molecule has 0 aliphatic carbocycles. The second-order valence-corrected chi connectivity index (χ2v) is 17.3. The molecular formula is C50H101. The Morgan fingerprint density at radius 1 is 0.200 bits per heavy atom. The van der Waals surface area contributed by atoms with Crippen molar-refractivity contribution < 1.29 is 0 Å². The Kier molecular flexibility index (Phi) is 47.0. The maximum absolute atomic E-state index is 4.49. The Hall–Kier alpha value is 0. The van der Waals surface area contributed by atoms with Gasteiger partial charge in [0.25, 0.3) is 0 Å². The van der Waals surface area contributed by atoms with Crippen molar-refractivity contribution in [2.24, 2.45) is 5.92 Å². The predicted octanol–water partition coefficient (Wildman–Crippen LogP) is 19.4. The molecule has 0 amide bonds. The van der Waals surface area contributed by atoms with E-state index in [1.54, 1.807) is 0 Å². The molecule has 301 valence electrons. The monoisotopic (exact) mass is 702 g/mol. The van der Waals surface area contributed by atoms with Crippen LogP contribution >= 0.6 is 0 Å². The first-order chi connectivity index (χ1) is 24.8. The van der Waals surface area contributed by atoms with E-state index >= 15 is 0 Å². The highest BCUT2D eigenvalue weighted by atomic mass is 14.1. The van der Waals surface area contributed by atoms with Crippen LogP contribution in [0.2, 0.25) is 0 Å². The highest BCUT2D eigenvalue weighted by Gasteiger charge is 2.03. The second kappa shape index (κ2) is 47.0. The Morgan fingerprint density at radius 2 is 0.320 bits per heavy atom. The molecule has 0 aromatic carbocycles. The summed E-state index contributed by atoms with van der Waals surface area (Å²) in [7, 11) is 0. The van der Waals surface area contributed by atoms with Gasteiger partial charge in [0.15, 0.2) is 0 Å². The molecule has 0 N–H and O–H groups in total. The summed E-state index contributed by atoms with van der Waals surface area (Å²) in [5.74, 6) is 0.713. The van der Waals surface area contributed by atoms with Crippen LogP contribution < -0.4 is 0 Å². The molecule has 0 atom stereocenters. The third kappa shape index (κ3) is 46.0. The minimum Gasteiger partial charge on any atom is -0.0654 e. The Bertz CT molecular complexity index is 502. The van der Waals surface area contributed by atoms with Gasteiger partial charge in [0, 0.05) is 0 Å². The molecule has 0 heterocycles. The lowest BCUT2D eigenvalue weighted by Crippen LogP contribution is -1.95. The quantitative estimate of drug-likeness (QED) is 0.0554. The summed E-state index contributed by atoms with van der Waals surface area (Å²) in [4.78, 5) is 0. The van der Waals surface area contributed by atoms with E-state index in [4.69, 9.17) is 0 Å². The zero-order chi connectivity index (χ0) is 36.1. The maximum Gasteiger partial charge on any atom is -0.0414 e. The van der Waals surface area contributed by atoms with Crippen molar-refractivity contribution in [2.75, 3.05) is 0 Å². The summed E-state index contributed by atoms with van der Waals surface area (Å²) >= 11 is 0. The van der Waals surface area contributed by atoms with Crippen molar-refractivity contribution in [2.45, 2.75) is 309 Å². The van der Waals surface area contributed by atoms with Gasteiger partial charge in [0.05, 0.1) is 0 Å². The molecule has 0 nitrogen and oxygen atoms in total. The van der Waals surface area contributed by atoms with Gasteiger partial charge in [-0.3, -0.25) is 0 Å². The fraction of sp³-hybridized carbons (Fsp3) is 0.980. The summed E-state index contributed by atoms with van der Waals surface area (Å²) in [6, 6.07) is 0. The van der Waals surface area contributed by atoms with E-state index in [0.717, 1.165) is 0 Å². The lowest BCUT2D eigenvalue weighted by molar-refractivity contribution is 0.459. The van der Waals surface area contributed by atoms with Gasteiger partial charge in [0.1, 0.15) is 0 Å². The molecule has 0 bridgehead atoms. The number of hydrogen-bond acceptors (Lipinski definition) is 0. The first-order valence-electron chi connectivity index (χ1n) is 24.6. The largest absolute Gasteiger partial charge is 0.0654 e. The molecule has 0 aromatic rings. The van der Waals surface area contributed by atoms with Crippen LogP contribution in [0.4, 0.5) is 0 Å². The van der Waals surface area contributed by atoms with E-state index in [0.29, 0.717) is 5.92 Å². The predicted molar refractivity (Wildman–Crippen MR) is 233 cm³/mol. The fourth-order valence-corrected chi connectivity index (χ4v) is 8.23. The molecular weight excluding hydrogens is 601 g/mol. The van der Waals surface area contributed by atoms with Crippen molar-refractivity contribution in [1.29, 1.82) is 0 Å². The molecule has 1 radical (unpaired) electrons. The van der Waals surface area contributed by atoms with E-state index in [1.807, 2.05) is 0 Å². The molecule has 0 rings (SSSR count). The first-order valence-corrected chi connectivity index (χ1v) is 24.6. The van der Waals surface area contributed by atoms with Crippen molar-refractivity contribution in [3.63, 3.8) is 0 Å². The molecule has 0 unspecified atom stereocenters. The highest BCUT2D eigenvalue weighted by Crippen LogP contribution is 2.20. The van der Waals surface area contributed by atoms with Gasteiger partial charge in [-0.2, -0.15) is 0 Å². The standard InChI is InChI=1S/C50H101/c1-4-6-8-10-12-14-16-18-20-22-24-26-28-30-32-34-36-38-40-42-44-46-48-50(3)49-47-45-43-41-39-37-35-33-31-29-27-25-23-21-19-17-15-13-11-9-7-5-2/h50H,3-49H2,1-2H3. The van der Waals surface area contributed by atoms with Gasteiger partial charge in [-0.1, -0.05) is 316 Å². The molecule has 0 saturated carbocycles. The first kappa shape index (κ1) is 50.0. The molecule has 50 heavy (non-hydrogen) atoms. The Balaban J connectivity index is 3.14. The minimum atomic E-state index is 0.713. The maximum atomic E-state index is 4.49. The summed E-state index contributed by atoms with van der Waals surface area (Å²) in [6.45, 7) is 9.11. The molecule has 0 saturated heterocycles. The normalized spacial score (nSPS) is 11.8. The molecule has 0 aliphatic heterocycles. The van der Waals surface area contributed by atoms with Crippen LogP contribution in [0.1, 0.15) is 309 Å². The third-order valence-corrected chi connectivity index (χ3v) is 11.9. The lowest BCUT2D eigenvalue weighted by Gasteiger charge is -2.11. The van der Waals surface area contributed by atoms with Crippen molar-refractivity contribution >= 4 is 0 Å². The van der Waals surface area contributed by atoms with E-state index in [-0.39, 0.29) is 0 Å². The Morgan fingerprint density at radius 3 is 0.460 bits per heavy atom. The van der Waals surface area contributed by atoms with Crippen LogP contribution in [0.25, 0.3) is 0 Å². The van der Waals surface area contributed by atoms with Gasteiger partial charge in [-0.15, -0.1) is 0 Å². The highest BCUT2D eigenvalue weighted by molar-refractivity contribution is 4.62. The smallest absolute Gasteiger partial charge is 0.0414 e. The SMILES string of the molecule is [CH2]C(CCCCCCCCCCCCCCCCCCCCCCCC)CCCCCCCCCCCCCCCCCCCCCCCC. The van der Waals surface area contributed by atoms with Crippen molar-refractivity contribution in [3.8, 4) is 0 Å². The summed E-state index contributed by atoms with van der Waals surface area (Å²) < 4.78 is 0. The molecule has 0 heteroatoms. The fourth-order valence-electron chi connectivity index (χ4n) is 8.23. The van der Waals surface area contributed by atoms with Gasteiger partial charge in [0.2, 0.25) is 0 Å². The molecule has 0 fully saturated rings. The van der Waals surface area contributed by atoms with Gasteiger partial charge in [-0.25, -0.2) is 0 Å². The molecule has 0 aliphatic rings. The van der Waals surface area contributed by atoms with Crippen molar-refractivity contribution in [1.82, 2.24) is 0 Å². The molecule has 0 aromatic heterocycles. The average molecular weight is 702 g/mol. The van der Waals surface area contributed by atoms with E-state index in [1.165, 1.54) is 295 Å². The second-order valence-electron chi connectivity index (χ2n) is 17.3. The number of rotatable bonds is 46. The lowest BCUT2D eigenvalue weighted by atomic mass is 9.95. The average Bonchev–Trinajstić information content (AvgIpc) is 3.12. The summed E-state index contributed by atoms with van der Waals surface area (Å²) in [5.41, 5.74) is 0. The van der Waals surface area contributed by atoms with Gasteiger partial charge in [-0.05, 0) is 5.92 Å². The van der Waals surface area contributed by atoms with E-state index in [9.17, 15) is 0 Å². The Labute approximate surface area is 321 Å².